The molecule has 0 aromatic heterocycles. The second-order valence-corrected chi connectivity index (χ2v) is 14.1. The number of aryl methyl sites for hydroxylation is 6. The normalized spacial score (nSPS) is 11.4. The van der Waals surface area contributed by atoms with Crippen LogP contribution in [0.1, 0.15) is 70.2 Å². The van der Waals surface area contributed by atoms with Gasteiger partial charge in [-0.2, -0.15) is 0 Å². The maximum absolute atomic E-state index is 4.93. The van der Waals surface area contributed by atoms with Crippen LogP contribution in [-0.2, 0) is 46.5 Å². The van der Waals surface area contributed by atoms with Gasteiger partial charge in [0.25, 0.3) is 0 Å². The monoisotopic (exact) mass is 617 g/mol. The van der Waals surface area contributed by atoms with Gasteiger partial charge in [-0.25, -0.2) is 0 Å². The molecule has 1 aliphatic carbocycles. The topological polar surface area (TPSA) is 0 Å². The van der Waals surface area contributed by atoms with Crippen LogP contribution in [0, 0.1) is 20.3 Å². The molecule has 38 heavy (non-hydrogen) atoms. The Morgan fingerprint density at radius 3 is 1.29 bits per heavy atom. The minimum absolute atomic E-state index is 0.826. The molecule has 0 fully saturated rings. The van der Waals surface area contributed by atoms with Crippen molar-refractivity contribution in [1.29, 1.82) is 0 Å². The van der Waals surface area contributed by atoms with Crippen LogP contribution >= 0.6 is 17.0 Å². The number of hydrogen-bond acceptors (Lipinski definition) is 0. The van der Waals surface area contributed by atoms with E-state index in [-0.39, 0.29) is 0 Å². The summed E-state index contributed by atoms with van der Waals surface area (Å²) >= 11 is -0.826. The van der Waals surface area contributed by atoms with E-state index in [0.29, 0.717) is 0 Å². The zero-order valence-corrected chi connectivity index (χ0v) is 26.5. The fraction of sp³-hybridized carbons (Fsp3) is 0.286. The molecule has 0 aliphatic heterocycles. The zero-order valence-electron chi connectivity index (χ0n) is 22.6. The van der Waals surface area contributed by atoms with E-state index in [0.717, 1.165) is 0 Å². The molecule has 0 bridgehead atoms. The summed E-state index contributed by atoms with van der Waals surface area (Å²) in [4.78, 5) is 0. The molecule has 0 nitrogen and oxygen atoms in total. The van der Waals surface area contributed by atoms with E-state index in [4.69, 9.17) is 17.0 Å². The third-order valence-electron chi connectivity index (χ3n) is 7.63. The molecule has 195 valence electrons. The Morgan fingerprint density at radius 1 is 0.526 bits per heavy atom. The number of rotatable bonds is 10. The van der Waals surface area contributed by atoms with Crippen molar-refractivity contribution < 1.29 is 20.8 Å². The van der Waals surface area contributed by atoms with Crippen molar-refractivity contribution in [1.82, 2.24) is 0 Å². The Kier molecular flexibility index (Phi) is 11.7. The molecule has 4 aromatic rings. The first-order chi connectivity index (χ1) is 18.6. The minimum atomic E-state index is -0.826. The van der Waals surface area contributed by atoms with Crippen LogP contribution in [0.15, 0.2) is 84.9 Å². The van der Waals surface area contributed by atoms with Crippen LogP contribution in [0.3, 0.4) is 0 Å². The molecule has 0 heterocycles. The predicted molar refractivity (Wildman–Crippen MR) is 162 cm³/mol. The number of unbranched alkanes of at least 4 members (excludes halogenated alkanes) is 2. The van der Waals surface area contributed by atoms with Crippen LogP contribution in [-0.4, -0.2) is 0 Å². The Hall–Kier alpha value is -1.66. The summed E-state index contributed by atoms with van der Waals surface area (Å²) in [6.45, 7) is 4.57. The second-order valence-electron chi connectivity index (χ2n) is 10.3. The van der Waals surface area contributed by atoms with Crippen molar-refractivity contribution in [2.45, 2.75) is 65.2 Å². The number of fused-ring (bicyclic) bond motifs is 3. The van der Waals surface area contributed by atoms with Gasteiger partial charge in [0.05, 0.1) is 0 Å². The molecule has 1 radical (unpaired) electrons. The van der Waals surface area contributed by atoms with Crippen LogP contribution in [0.25, 0.3) is 11.1 Å². The van der Waals surface area contributed by atoms with E-state index >= 15 is 0 Å². The molecule has 5 rings (SSSR count). The Morgan fingerprint density at radius 2 is 0.895 bits per heavy atom. The van der Waals surface area contributed by atoms with Gasteiger partial charge in [0.1, 0.15) is 0 Å². The summed E-state index contributed by atoms with van der Waals surface area (Å²) in [7, 11) is 9.87. The zero-order chi connectivity index (χ0) is 26.7. The fourth-order valence-corrected chi connectivity index (χ4v) is 5.54. The first-order valence-electron chi connectivity index (χ1n) is 13.8. The number of halogens is 2. The van der Waals surface area contributed by atoms with Gasteiger partial charge in [-0.3, -0.25) is 0 Å². The molecule has 0 atom stereocenters. The molecule has 4 aromatic carbocycles. The molecule has 0 unspecified atom stereocenters. The molecule has 0 N–H and O–H groups in total. The fourth-order valence-electron chi connectivity index (χ4n) is 5.54. The summed E-state index contributed by atoms with van der Waals surface area (Å²) in [6.07, 6.45) is 12.0. The van der Waals surface area contributed by atoms with E-state index in [1.165, 1.54) is 107 Å². The van der Waals surface area contributed by atoms with Gasteiger partial charge in [-0.1, -0.05) is 84.9 Å². The molecule has 0 saturated carbocycles. The average Bonchev–Trinajstić information content (AvgIpc) is 3.26. The van der Waals surface area contributed by atoms with Crippen molar-refractivity contribution in [2.24, 2.45) is 0 Å². The summed E-state index contributed by atoms with van der Waals surface area (Å²) < 4.78 is 0. The van der Waals surface area contributed by atoms with Gasteiger partial charge in [0, 0.05) is 6.42 Å². The molecule has 0 saturated heterocycles. The summed E-state index contributed by atoms with van der Waals surface area (Å²) in [5.74, 6) is 0. The molecule has 0 amide bonds. The van der Waals surface area contributed by atoms with Crippen LogP contribution < -0.4 is 0 Å². The first-order valence-corrected chi connectivity index (χ1v) is 20.1. The van der Waals surface area contributed by atoms with Crippen LogP contribution in [0.5, 0.6) is 0 Å². The molecular weight excluding hydrogens is 583 g/mol. The van der Waals surface area contributed by atoms with E-state index in [1.807, 2.05) is 0 Å². The summed E-state index contributed by atoms with van der Waals surface area (Å²) in [6, 6.07) is 31.6. The summed E-state index contributed by atoms with van der Waals surface area (Å²) in [5.41, 5.74) is 14.5. The third-order valence-corrected chi connectivity index (χ3v) is 7.63. The van der Waals surface area contributed by atoms with Crippen LogP contribution in [0.4, 0.5) is 0 Å². The third kappa shape index (κ3) is 8.17. The van der Waals surface area contributed by atoms with Crippen LogP contribution in [0.2, 0.25) is 0 Å². The van der Waals surface area contributed by atoms with Gasteiger partial charge < -0.3 is 0 Å². The van der Waals surface area contributed by atoms with Crippen molar-refractivity contribution in [3.05, 3.63) is 136 Å². The van der Waals surface area contributed by atoms with E-state index in [9.17, 15) is 0 Å². The van der Waals surface area contributed by atoms with Gasteiger partial charge in [0.2, 0.25) is 0 Å². The van der Waals surface area contributed by atoms with E-state index < -0.39 is 20.8 Å². The molecule has 0 spiro atoms. The van der Waals surface area contributed by atoms with E-state index in [1.54, 1.807) is 0 Å². The molecule has 1 aliphatic rings. The Labute approximate surface area is 248 Å². The number of benzene rings is 4. The van der Waals surface area contributed by atoms with Crippen molar-refractivity contribution >= 4 is 17.0 Å². The maximum atomic E-state index is 4.93. The van der Waals surface area contributed by atoms with Gasteiger partial charge in [-0.15, -0.1) is 0 Å². The summed E-state index contributed by atoms with van der Waals surface area (Å²) in [5, 5.41) is 0. The van der Waals surface area contributed by atoms with Crippen molar-refractivity contribution in [3.63, 3.8) is 0 Å². The van der Waals surface area contributed by atoms with Crippen molar-refractivity contribution in [2.75, 3.05) is 0 Å². The van der Waals surface area contributed by atoms with Crippen molar-refractivity contribution in [3.8, 4) is 11.1 Å². The number of hydrogen-bond donors (Lipinski definition) is 0. The quantitative estimate of drug-likeness (QED) is 0.137. The van der Waals surface area contributed by atoms with Gasteiger partial charge in [-0.05, 0) is 121 Å². The van der Waals surface area contributed by atoms with E-state index in [2.05, 4.69) is 105 Å². The molecular formula is C35H37Cl2Zr. The Bertz CT molecular complexity index is 1200. The second kappa shape index (κ2) is 15.2. The first kappa shape index (κ1) is 29.3. The average molecular weight is 620 g/mol. The predicted octanol–water partition coefficient (Wildman–Crippen LogP) is 10.4. The SMILES string of the molecule is Cc1cc2c(cc1CCCCc1ccccc1)-c1cc(CCCCc3ccccc3)c(C)cc1[CH]2.[Cl][Zr][Cl]. The Balaban J connectivity index is 0.00000107. The van der Waals surface area contributed by atoms with Gasteiger partial charge >= 0.3 is 37.9 Å². The standard InChI is InChI=1S/C35H37.2ClH.Zr/c1-26-21-32-23-33-22-27(2)31(20-12-10-18-29-15-7-4-8-16-29)25-35(33)34(32)24-30(26)19-11-9-17-28-13-5-3-6-14-28;;;/h3-8,13-16,21-25H,9-12,17-20H2,1-2H3;2*1H;/q;;;+2/p-2. The molecule has 3 heteroatoms. The van der Waals surface area contributed by atoms with Gasteiger partial charge in [0.15, 0.2) is 0 Å².